The van der Waals surface area contributed by atoms with Gasteiger partial charge in [-0.25, -0.2) is 0 Å². The van der Waals surface area contributed by atoms with E-state index in [2.05, 4.69) is 5.32 Å². The number of carbonyl (C=O) groups excluding carboxylic acids is 1. The molecule has 28 heavy (non-hydrogen) atoms. The molecule has 1 heterocycles. The van der Waals surface area contributed by atoms with Crippen molar-refractivity contribution in [1.29, 1.82) is 0 Å². The SMILES string of the molecule is COc1ccc(OC)c([C@@H](C)NC(=O)/C=C/c2cc(Cl)c3c(c2)OCCO3)c1. The average Bonchev–Trinajstić information content (AvgIpc) is 2.71. The Labute approximate surface area is 169 Å². The highest BCUT2D eigenvalue weighted by atomic mass is 35.5. The van der Waals surface area contributed by atoms with E-state index >= 15 is 0 Å². The molecule has 0 saturated heterocycles. The average molecular weight is 404 g/mol. The van der Waals surface area contributed by atoms with Gasteiger partial charge in [0.1, 0.15) is 24.7 Å². The van der Waals surface area contributed by atoms with Crippen LogP contribution in [0, 0.1) is 0 Å². The lowest BCUT2D eigenvalue weighted by Crippen LogP contribution is -2.25. The third-order valence-corrected chi connectivity index (χ3v) is 4.59. The number of methoxy groups -OCH3 is 2. The molecule has 6 nitrogen and oxygen atoms in total. The summed E-state index contributed by atoms with van der Waals surface area (Å²) in [4.78, 5) is 12.4. The van der Waals surface area contributed by atoms with Crippen molar-refractivity contribution in [1.82, 2.24) is 5.32 Å². The van der Waals surface area contributed by atoms with E-state index in [0.717, 1.165) is 11.1 Å². The number of fused-ring (bicyclic) bond motifs is 1. The molecule has 0 fully saturated rings. The summed E-state index contributed by atoms with van der Waals surface area (Å²) in [6.07, 6.45) is 3.12. The molecule has 0 aliphatic carbocycles. The predicted molar refractivity (Wildman–Crippen MR) is 108 cm³/mol. The fourth-order valence-electron chi connectivity index (χ4n) is 2.92. The highest BCUT2D eigenvalue weighted by Gasteiger charge is 2.17. The Morgan fingerprint density at radius 2 is 1.96 bits per heavy atom. The number of nitrogens with one attached hydrogen (secondary N) is 1. The second-order valence-electron chi connectivity index (χ2n) is 6.20. The minimum absolute atomic E-state index is 0.247. The zero-order valence-corrected chi connectivity index (χ0v) is 16.7. The lowest BCUT2D eigenvalue weighted by atomic mass is 10.1. The molecule has 1 aliphatic heterocycles. The molecule has 7 heteroatoms. The lowest BCUT2D eigenvalue weighted by Gasteiger charge is -2.19. The molecular weight excluding hydrogens is 382 g/mol. The van der Waals surface area contributed by atoms with Gasteiger partial charge in [0.05, 0.1) is 25.3 Å². The summed E-state index contributed by atoms with van der Waals surface area (Å²) in [5.41, 5.74) is 1.57. The number of benzene rings is 2. The number of ether oxygens (including phenoxy) is 4. The van der Waals surface area contributed by atoms with Gasteiger partial charge in [0, 0.05) is 11.6 Å². The van der Waals surface area contributed by atoms with E-state index in [4.69, 9.17) is 30.5 Å². The van der Waals surface area contributed by atoms with Crippen LogP contribution in [0.3, 0.4) is 0 Å². The molecule has 1 amide bonds. The quantitative estimate of drug-likeness (QED) is 0.738. The Hall–Kier alpha value is -2.86. The van der Waals surface area contributed by atoms with E-state index in [0.29, 0.717) is 41.2 Å². The van der Waals surface area contributed by atoms with Crippen LogP contribution in [-0.2, 0) is 4.79 Å². The smallest absolute Gasteiger partial charge is 0.244 e. The van der Waals surface area contributed by atoms with Gasteiger partial charge in [0.25, 0.3) is 0 Å². The molecule has 148 valence electrons. The Bertz CT molecular complexity index is 897. The van der Waals surface area contributed by atoms with Crippen molar-refractivity contribution in [2.45, 2.75) is 13.0 Å². The summed E-state index contributed by atoms with van der Waals surface area (Å²) in [5, 5.41) is 3.37. The van der Waals surface area contributed by atoms with E-state index in [1.807, 2.05) is 25.1 Å². The van der Waals surface area contributed by atoms with Gasteiger partial charge < -0.3 is 24.3 Å². The first-order valence-corrected chi connectivity index (χ1v) is 9.19. The zero-order valence-electron chi connectivity index (χ0n) is 16.0. The molecule has 1 N–H and O–H groups in total. The number of halogens is 1. The maximum Gasteiger partial charge on any atom is 0.244 e. The maximum absolute atomic E-state index is 12.4. The topological polar surface area (TPSA) is 66.0 Å². The zero-order chi connectivity index (χ0) is 20.1. The van der Waals surface area contributed by atoms with Gasteiger partial charge in [-0.2, -0.15) is 0 Å². The van der Waals surface area contributed by atoms with Gasteiger partial charge in [-0.1, -0.05) is 11.6 Å². The first-order valence-electron chi connectivity index (χ1n) is 8.81. The summed E-state index contributed by atoms with van der Waals surface area (Å²) in [6, 6.07) is 8.71. The number of carbonyl (C=O) groups is 1. The standard InChI is InChI=1S/C21H22ClNO5/c1-13(16-12-15(25-2)5-6-18(16)26-3)23-20(24)7-4-14-10-17(22)21-19(11-14)27-8-9-28-21/h4-7,10-13H,8-9H2,1-3H3,(H,23,24)/b7-4+/t13-/m1/s1. The van der Waals surface area contributed by atoms with Gasteiger partial charge in [0.15, 0.2) is 11.5 Å². The fraction of sp³-hybridized carbons (Fsp3) is 0.286. The van der Waals surface area contributed by atoms with Crippen LogP contribution in [0.25, 0.3) is 6.08 Å². The minimum Gasteiger partial charge on any atom is -0.497 e. The van der Waals surface area contributed by atoms with Crippen molar-refractivity contribution < 1.29 is 23.7 Å². The number of amides is 1. The van der Waals surface area contributed by atoms with E-state index in [1.54, 1.807) is 32.4 Å². The minimum atomic E-state index is -0.272. The van der Waals surface area contributed by atoms with Crippen LogP contribution in [0.15, 0.2) is 36.4 Å². The second kappa shape index (κ2) is 8.89. The van der Waals surface area contributed by atoms with Crippen molar-refractivity contribution in [3.8, 4) is 23.0 Å². The Morgan fingerprint density at radius 1 is 1.18 bits per heavy atom. The summed E-state index contributed by atoms with van der Waals surface area (Å²) >= 11 is 6.22. The first kappa shape index (κ1) is 19.9. The molecular formula is C21H22ClNO5. The molecule has 3 rings (SSSR count). The molecule has 0 bridgehead atoms. The van der Waals surface area contributed by atoms with Gasteiger partial charge in [-0.3, -0.25) is 4.79 Å². The summed E-state index contributed by atoms with van der Waals surface area (Å²) in [6.45, 7) is 2.82. The molecule has 1 atom stereocenters. The number of hydrogen-bond acceptors (Lipinski definition) is 5. The van der Waals surface area contributed by atoms with E-state index in [1.165, 1.54) is 6.08 Å². The van der Waals surface area contributed by atoms with Gasteiger partial charge in [0.2, 0.25) is 5.91 Å². The van der Waals surface area contributed by atoms with Crippen LogP contribution in [0.2, 0.25) is 5.02 Å². The van der Waals surface area contributed by atoms with Crippen molar-refractivity contribution >= 4 is 23.6 Å². The van der Waals surface area contributed by atoms with E-state index < -0.39 is 0 Å². The van der Waals surface area contributed by atoms with Crippen LogP contribution >= 0.6 is 11.6 Å². The van der Waals surface area contributed by atoms with Crippen molar-refractivity contribution in [2.75, 3.05) is 27.4 Å². The van der Waals surface area contributed by atoms with Crippen LogP contribution in [0.5, 0.6) is 23.0 Å². The van der Waals surface area contributed by atoms with Crippen LogP contribution in [0.4, 0.5) is 0 Å². The summed E-state index contributed by atoms with van der Waals surface area (Å²) in [7, 11) is 3.18. The predicted octanol–water partition coefficient (Wildman–Crippen LogP) is 4.02. The largest absolute Gasteiger partial charge is 0.497 e. The van der Waals surface area contributed by atoms with E-state index in [9.17, 15) is 4.79 Å². The third kappa shape index (κ3) is 4.51. The van der Waals surface area contributed by atoms with Crippen molar-refractivity contribution in [3.63, 3.8) is 0 Å². The fourth-order valence-corrected chi connectivity index (χ4v) is 3.19. The second-order valence-corrected chi connectivity index (χ2v) is 6.61. The van der Waals surface area contributed by atoms with Crippen LogP contribution in [0.1, 0.15) is 24.1 Å². The lowest BCUT2D eigenvalue weighted by molar-refractivity contribution is -0.117. The molecule has 0 radical (unpaired) electrons. The van der Waals surface area contributed by atoms with Crippen LogP contribution < -0.4 is 24.3 Å². The first-order chi connectivity index (χ1) is 13.5. The third-order valence-electron chi connectivity index (χ3n) is 4.31. The Kier molecular flexibility index (Phi) is 6.31. The molecule has 2 aromatic carbocycles. The van der Waals surface area contributed by atoms with E-state index in [-0.39, 0.29) is 11.9 Å². The van der Waals surface area contributed by atoms with Gasteiger partial charge in [-0.05, 0) is 48.9 Å². The molecule has 0 saturated carbocycles. The number of hydrogen-bond donors (Lipinski definition) is 1. The van der Waals surface area contributed by atoms with Gasteiger partial charge >= 0.3 is 0 Å². The maximum atomic E-state index is 12.4. The molecule has 1 aliphatic rings. The Morgan fingerprint density at radius 3 is 2.71 bits per heavy atom. The molecule has 2 aromatic rings. The van der Waals surface area contributed by atoms with Gasteiger partial charge in [-0.15, -0.1) is 0 Å². The monoisotopic (exact) mass is 403 g/mol. The van der Waals surface area contributed by atoms with Crippen molar-refractivity contribution in [2.24, 2.45) is 0 Å². The molecule has 0 spiro atoms. The highest BCUT2D eigenvalue weighted by molar-refractivity contribution is 6.32. The van der Waals surface area contributed by atoms with Crippen molar-refractivity contribution in [3.05, 3.63) is 52.6 Å². The molecule has 0 unspecified atom stereocenters. The summed E-state index contributed by atoms with van der Waals surface area (Å²) < 4.78 is 21.7. The summed E-state index contributed by atoms with van der Waals surface area (Å²) in [5.74, 6) is 2.24. The number of rotatable bonds is 6. The molecule has 0 aromatic heterocycles. The Balaban J connectivity index is 1.71. The van der Waals surface area contributed by atoms with Crippen LogP contribution in [-0.4, -0.2) is 33.3 Å². The highest BCUT2D eigenvalue weighted by Crippen LogP contribution is 2.38. The normalized spacial score (nSPS) is 13.9.